The van der Waals surface area contributed by atoms with Crippen LogP contribution in [0.5, 0.6) is 11.5 Å². The zero-order valence-corrected chi connectivity index (χ0v) is 14.0. The van der Waals surface area contributed by atoms with Gasteiger partial charge in [-0.05, 0) is 37.3 Å². The Balaban J connectivity index is 2.00. The maximum Gasteiger partial charge on any atom is 0.339 e. The van der Waals surface area contributed by atoms with Gasteiger partial charge in [-0.15, -0.1) is 0 Å². The van der Waals surface area contributed by atoms with Crippen LogP contribution in [0.2, 0.25) is 0 Å². The molecule has 0 unspecified atom stereocenters. The van der Waals surface area contributed by atoms with E-state index in [0.717, 1.165) is 6.07 Å². The summed E-state index contributed by atoms with van der Waals surface area (Å²) in [4.78, 5) is 24.2. The third-order valence-corrected chi connectivity index (χ3v) is 3.38. The molecule has 1 amide bonds. The minimum atomic E-state index is -1.07. The number of benzene rings is 2. The maximum absolute atomic E-state index is 13.6. The van der Waals surface area contributed by atoms with Crippen LogP contribution in [-0.4, -0.2) is 32.2 Å². The average Bonchev–Trinajstić information content (AvgIpc) is 2.61. The average molecular weight is 347 g/mol. The molecule has 1 atom stereocenters. The SMILES string of the molecule is COc1cccc(NC(=O)[C@H](C)OC(=O)c2ccc(OC)c(F)c2)c1. The third kappa shape index (κ3) is 4.69. The van der Waals surface area contributed by atoms with Crippen molar-refractivity contribution < 1.29 is 28.2 Å². The molecule has 0 aromatic heterocycles. The van der Waals surface area contributed by atoms with Crippen LogP contribution >= 0.6 is 0 Å². The van der Waals surface area contributed by atoms with Gasteiger partial charge in [0.05, 0.1) is 19.8 Å². The van der Waals surface area contributed by atoms with Crippen molar-refractivity contribution in [1.82, 2.24) is 0 Å². The first-order chi connectivity index (χ1) is 11.9. The van der Waals surface area contributed by atoms with Gasteiger partial charge in [0, 0.05) is 11.8 Å². The molecule has 2 aromatic rings. The Labute approximate surface area is 144 Å². The van der Waals surface area contributed by atoms with Crippen molar-refractivity contribution in [2.24, 2.45) is 0 Å². The molecule has 0 radical (unpaired) electrons. The molecule has 0 fully saturated rings. The highest BCUT2D eigenvalue weighted by molar-refractivity contribution is 5.97. The van der Waals surface area contributed by atoms with Gasteiger partial charge in [-0.3, -0.25) is 4.79 Å². The Kier molecular flexibility index (Phi) is 5.94. The van der Waals surface area contributed by atoms with Gasteiger partial charge in [-0.1, -0.05) is 6.07 Å². The molecule has 0 aliphatic carbocycles. The molecule has 7 heteroatoms. The summed E-state index contributed by atoms with van der Waals surface area (Å²) >= 11 is 0. The zero-order chi connectivity index (χ0) is 18.4. The number of nitrogens with one attached hydrogen (secondary N) is 1. The number of hydrogen-bond acceptors (Lipinski definition) is 5. The topological polar surface area (TPSA) is 73.9 Å². The Bertz CT molecular complexity index is 778. The highest BCUT2D eigenvalue weighted by atomic mass is 19.1. The Hall–Kier alpha value is -3.09. The summed E-state index contributed by atoms with van der Waals surface area (Å²) in [5, 5.41) is 2.61. The van der Waals surface area contributed by atoms with Crippen LogP contribution in [0.15, 0.2) is 42.5 Å². The van der Waals surface area contributed by atoms with E-state index < -0.39 is 23.8 Å². The summed E-state index contributed by atoms with van der Waals surface area (Å²) in [6.07, 6.45) is -1.07. The smallest absolute Gasteiger partial charge is 0.339 e. The molecule has 2 aromatic carbocycles. The van der Waals surface area contributed by atoms with Gasteiger partial charge in [0.1, 0.15) is 5.75 Å². The van der Waals surface area contributed by atoms with Crippen molar-refractivity contribution in [3.05, 3.63) is 53.8 Å². The summed E-state index contributed by atoms with van der Waals surface area (Å²) in [7, 11) is 2.83. The van der Waals surface area contributed by atoms with Crippen molar-refractivity contribution in [3.8, 4) is 11.5 Å². The molecule has 25 heavy (non-hydrogen) atoms. The van der Waals surface area contributed by atoms with Crippen LogP contribution in [0.3, 0.4) is 0 Å². The molecule has 132 valence electrons. The number of halogens is 1. The Morgan fingerprint density at radius 2 is 1.84 bits per heavy atom. The minimum Gasteiger partial charge on any atom is -0.497 e. The van der Waals surface area contributed by atoms with Gasteiger partial charge in [0.25, 0.3) is 5.91 Å². The summed E-state index contributed by atoms with van der Waals surface area (Å²) in [6.45, 7) is 1.42. The molecule has 0 bridgehead atoms. The monoisotopic (exact) mass is 347 g/mol. The quantitative estimate of drug-likeness (QED) is 0.813. The summed E-state index contributed by atoms with van der Waals surface area (Å²) < 4.78 is 28.6. The number of carbonyl (C=O) groups excluding carboxylic acids is 2. The van der Waals surface area contributed by atoms with E-state index in [2.05, 4.69) is 5.32 Å². The normalized spacial score (nSPS) is 11.4. The molecular weight excluding hydrogens is 329 g/mol. The van der Waals surface area contributed by atoms with Crippen LogP contribution in [0, 0.1) is 5.82 Å². The van der Waals surface area contributed by atoms with Gasteiger partial charge in [0.15, 0.2) is 17.7 Å². The zero-order valence-electron chi connectivity index (χ0n) is 14.0. The van der Waals surface area contributed by atoms with E-state index in [-0.39, 0.29) is 11.3 Å². The van der Waals surface area contributed by atoms with Crippen LogP contribution in [0.4, 0.5) is 10.1 Å². The predicted octanol–water partition coefficient (Wildman–Crippen LogP) is 3.03. The number of rotatable bonds is 6. The van der Waals surface area contributed by atoms with Crippen molar-refractivity contribution >= 4 is 17.6 Å². The standard InChI is InChI=1S/C18H18FNO5/c1-11(17(21)20-13-5-4-6-14(10-13)23-2)25-18(22)12-7-8-16(24-3)15(19)9-12/h4-11H,1-3H3,(H,20,21)/t11-/m0/s1. The first kappa shape index (κ1) is 18.3. The third-order valence-electron chi connectivity index (χ3n) is 3.38. The maximum atomic E-state index is 13.6. The number of carbonyl (C=O) groups is 2. The lowest BCUT2D eigenvalue weighted by atomic mass is 10.2. The van der Waals surface area contributed by atoms with Gasteiger partial charge < -0.3 is 19.5 Å². The van der Waals surface area contributed by atoms with E-state index in [0.29, 0.717) is 11.4 Å². The lowest BCUT2D eigenvalue weighted by Gasteiger charge is -2.14. The minimum absolute atomic E-state index is 0.0142. The highest BCUT2D eigenvalue weighted by Gasteiger charge is 2.20. The molecule has 0 saturated carbocycles. The van der Waals surface area contributed by atoms with Crippen molar-refractivity contribution in [3.63, 3.8) is 0 Å². The van der Waals surface area contributed by atoms with E-state index in [4.69, 9.17) is 14.2 Å². The highest BCUT2D eigenvalue weighted by Crippen LogP contribution is 2.19. The van der Waals surface area contributed by atoms with E-state index >= 15 is 0 Å². The number of methoxy groups -OCH3 is 2. The van der Waals surface area contributed by atoms with Crippen LogP contribution < -0.4 is 14.8 Å². The fourth-order valence-corrected chi connectivity index (χ4v) is 2.02. The molecule has 6 nitrogen and oxygen atoms in total. The summed E-state index contributed by atoms with van der Waals surface area (Å²) in [6, 6.07) is 10.4. The number of hydrogen-bond donors (Lipinski definition) is 1. The lowest BCUT2D eigenvalue weighted by Crippen LogP contribution is -2.30. The second kappa shape index (κ2) is 8.14. The van der Waals surface area contributed by atoms with Crippen LogP contribution in [0.1, 0.15) is 17.3 Å². The first-order valence-corrected chi connectivity index (χ1v) is 7.44. The fourth-order valence-electron chi connectivity index (χ4n) is 2.02. The van der Waals surface area contributed by atoms with E-state index in [1.54, 1.807) is 24.3 Å². The van der Waals surface area contributed by atoms with E-state index in [1.807, 2.05) is 0 Å². The largest absolute Gasteiger partial charge is 0.497 e. The fraction of sp³-hybridized carbons (Fsp3) is 0.222. The van der Waals surface area contributed by atoms with Crippen molar-refractivity contribution in [2.75, 3.05) is 19.5 Å². The number of esters is 1. The first-order valence-electron chi connectivity index (χ1n) is 7.44. The van der Waals surface area contributed by atoms with Gasteiger partial charge in [-0.2, -0.15) is 0 Å². The number of ether oxygens (including phenoxy) is 3. The molecule has 0 aliphatic rings. The van der Waals surface area contributed by atoms with Crippen LogP contribution in [0.25, 0.3) is 0 Å². The second-order valence-electron chi connectivity index (χ2n) is 5.12. The van der Waals surface area contributed by atoms with Crippen LogP contribution in [-0.2, 0) is 9.53 Å². The lowest BCUT2D eigenvalue weighted by molar-refractivity contribution is -0.123. The molecule has 0 aliphatic heterocycles. The predicted molar refractivity (Wildman–Crippen MR) is 89.5 cm³/mol. The molecule has 0 saturated heterocycles. The van der Waals surface area contributed by atoms with Crippen molar-refractivity contribution in [1.29, 1.82) is 0 Å². The molecular formula is C18H18FNO5. The molecule has 0 spiro atoms. The van der Waals surface area contributed by atoms with Gasteiger partial charge in [-0.25, -0.2) is 9.18 Å². The molecule has 0 heterocycles. The van der Waals surface area contributed by atoms with Gasteiger partial charge >= 0.3 is 5.97 Å². The Morgan fingerprint density at radius 3 is 2.48 bits per heavy atom. The number of anilines is 1. The van der Waals surface area contributed by atoms with Gasteiger partial charge in [0.2, 0.25) is 0 Å². The summed E-state index contributed by atoms with van der Waals surface area (Å²) in [5.74, 6) is -1.42. The molecule has 2 rings (SSSR count). The van der Waals surface area contributed by atoms with E-state index in [1.165, 1.54) is 33.3 Å². The molecule has 1 N–H and O–H groups in total. The van der Waals surface area contributed by atoms with Crippen molar-refractivity contribution in [2.45, 2.75) is 13.0 Å². The van der Waals surface area contributed by atoms with E-state index in [9.17, 15) is 14.0 Å². The summed E-state index contributed by atoms with van der Waals surface area (Å²) in [5.41, 5.74) is 0.488. The Morgan fingerprint density at radius 1 is 1.08 bits per heavy atom. The second-order valence-corrected chi connectivity index (χ2v) is 5.12. The number of amides is 1.